The zero-order chi connectivity index (χ0) is 16.7. The predicted octanol–water partition coefficient (Wildman–Crippen LogP) is 3.20. The maximum absolute atomic E-state index is 12.1. The summed E-state index contributed by atoms with van der Waals surface area (Å²) in [6.45, 7) is -0.0319. The topological polar surface area (TPSA) is 79.5 Å². The first-order chi connectivity index (χ1) is 11.1. The van der Waals surface area contributed by atoms with Crippen molar-refractivity contribution in [2.45, 2.75) is 0 Å². The SMILES string of the molecule is COc1cc(/C=C/C(=O)c2ccc(OCC#N)cc2)ccc1O. The summed E-state index contributed by atoms with van der Waals surface area (Å²) in [5, 5.41) is 18.0. The highest BCUT2D eigenvalue weighted by Gasteiger charge is 2.04. The first-order valence-corrected chi connectivity index (χ1v) is 6.83. The van der Waals surface area contributed by atoms with Crippen LogP contribution in [0.4, 0.5) is 0 Å². The molecule has 0 saturated carbocycles. The van der Waals surface area contributed by atoms with Crippen LogP contribution in [0.2, 0.25) is 0 Å². The monoisotopic (exact) mass is 309 g/mol. The van der Waals surface area contributed by atoms with Crippen LogP contribution in [0.1, 0.15) is 15.9 Å². The molecule has 0 saturated heterocycles. The van der Waals surface area contributed by atoms with Gasteiger partial charge in [-0.1, -0.05) is 12.1 Å². The number of hydrogen-bond donors (Lipinski definition) is 1. The molecule has 5 nitrogen and oxygen atoms in total. The molecule has 0 radical (unpaired) electrons. The third-order valence-electron chi connectivity index (χ3n) is 3.07. The molecule has 0 aliphatic rings. The highest BCUT2D eigenvalue weighted by atomic mass is 16.5. The van der Waals surface area contributed by atoms with Crippen LogP contribution in [0.5, 0.6) is 17.2 Å². The number of ether oxygens (including phenoxy) is 2. The quantitative estimate of drug-likeness (QED) is 0.654. The number of methoxy groups -OCH3 is 1. The van der Waals surface area contributed by atoms with Crippen LogP contribution < -0.4 is 9.47 Å². The van der Waals surface area contributed by atoms with Gasteiger partial charge in [0.2, 0.25) is 0 Å². The van der Waals surface area contributed by atoms with Gasteiger partial charge in [-0.15, -0.1) is 0 Å². The lowest BCUT2D eigenvalue weighted by atomic mass is 10.1. The van der Waals surface area contributed by atoms with Crippen LogP contribution in [0.25, 0.3) is 6.08 Å². The Bertz CT molecular complexity index is 758. The number of benzene rings is 2. The van der Waals surface area contributed by atoms with E-state index < -0.39 is 0 Å². The van der Waals surface area contributed by atoms with E-state index in [0.717, 1.165) is 5.56 Å². The molecule has 2 aromatic rings. The summed E-state index contributed by atoms with van der Waals surface area (Å²) < 4.78 is 10.1. The lowest BCUT2D eigenvalue weighted by Gasteiger charge is -2.04. The van der Waals surface area contributed by atoms with E-state index >= 15 is 0 Å². The largest absolute Gasteiger partial charge is 0.504 e. The zero-order valence-electron chi connectivity index (χ0n) is 12.5. The van der Waals surface area contributed by atoms with Gasteiger partial charge in [0.15, 0.2) is 23.9 Å². The summed E-state index contributed by atoms with van der Waals surface area (Å²) in [5.41, 5.74) is 1.25. The van der Waals surface area contributed by atoms with Crippen molar-refractivity contribution in [3.63, 3.8) is 0 Å². The minimum atomic E-state index is -0.163. The van der Waals surface area contributed by atoms with Crippen LogP contribution in [0.3, 0.4) is 0 Å². The van der Waals surface area contributed by atoms with Gasteiger partial charge in [0.05, 0.1) is 7.11 Å². The van der Waals surface area contributed by atoms with Crippen LogP contribution in [-0.4, -0.2) is 24.6 Å². The number of hydrogen-bond acceptors (Lipinski definition) is 5. The number of rotatable bonds is 6. The van der Waals surface area contributed by atoms with Crippen LogP contribution in [0.15, 0.2) is 48.5 Å². The minimum Gasteiger partial charge on any atom is -0.504 e. The number of carbonyl (C=O) groups excluding carboxylic acids is 1. The number of ketones is 1. The summed E-state index contributed by atoms with van der Waals surface area (Å²) >= 11 is 0. The molecule has 0 aliphatic heterocycles. The van der Waals surface area contributed by atoms with Gasteiger partial charge in [-0.25, -0.2) is 0 Å². The second-order valence-electron chi connectivity index (χ2n) is 4.60. The normalized spacial score (nSPS) is 10.3. The molecule has 0 unspecified atom stereocenters. The summed E-state index contributed by atoms with van der Waals surface area (Å²) in [4.78, 5) is 12.1. The van der Waals surface area contributed by atoms with E-state index in [0.29, 0.717) is 17.1 Å². The van der Waals surface area contributed by atoms with Gasteiger partial charge >= 0.3 is 0 Å². The highest BCUT2D eigenvalue weighted by molar-refractivity contribution is 6.06. The summed E-state index contributed by atoms with van der Waals surface area (Å²) in [6, 6.07) is 13.3. The Balaban J connectivity index is 2.07. The molecule has 0 spiro atoms. The number of phenolic OH excluding ortho intramolecular Hbond substituents is 1. The Kier molecular flexibility index (Phi) is 5.37. The third-order valence-corrected chi connectivity index (χ3v) is 3.07. The van der Waals surface area contributed by atoms with Crippen molar-refractivity contribution in [2.24, 2.45) is 0 Å². The third kappa shape index (κ3) is 4.35. The lowest BCUT2D eigenvalue weighted by molar-refractivity contribution is 0.104. The average molecular weight is 309 g/mol. The molecule has 0 fully saturated rings. The van der Waals surface area contributed by atoms with E-state index in [-0.39, 0.29) is 18.1 Å². The fraction of sp³-hybridized carbons (Fsp3) is 0.111. The standard InChI is InChI=1S/C18H15NO4/c1-22-18-12-13(3-9-17(18)21)2-8-16(20)14-4-6-15(7-5-14)23-11-10-19/h2-9,12,21H,11H2,1H3/b8-2+. The molecule has 116 valence electrons. The lowest BCUT2D eigenvalue weighted by Crippen LogP contribution is -1.96. The van der Waals surface area contributed by atoms with Crippen LogP contribution >= 0.6 is 0 Å². The first-order valence-electron chi connectivity index (χ1n) is 6.83. The predicted molar refractivity (Wildman–Crippen MR) is 85.6 cm³/mol. The smallest absolute Gasteiger partial charge is 0.185 e. The molecule has 0 bridgehead atoms. The molecular formula is C18H15NO4. The Morgan fingerprint density at radius 3 is 2.65 bits per heavy atom. The van der Waals surface area contributed by atoms with E-state index in [1.807, 2.05) is 6.07 Å². The van der Waals surface area contributed by atoms with Crippen molar-refractivity contribution in [3.05, 3.63) is 59.7 Å². The van der Waals surface area contributed by atoms with Crippen molar-refractivity contribution >= 4 is 11.9 Å². The van der Waals surface area contributed by atoms with Crippen molar-refractivity contribution in [1.82, 2.24) is 0 Å². The summed E-state index contributed by atoms with van der Waals surface area (Å²) in [7, 11) is 1.46. The fourth-order valence-electron chi connectivity index (χ4n) is 1.90. The van der Waals surface area contributed by atoms with E-state index in [1.54, 1.807) is 42.5 Å². The van der Waals surface area contributed by atoms with E-state index in [4.69, 9.17) is 14.7 Å². The molecule has 0 heterocycles. The van der Waals surface area contributed by atoms with Crippen molar-refractivity contribution < 1.29 is 19.4 Å². The molecule has 23 heavy (non-hydrogen) atoms. The maximum Gasteiger partial charge on any atom is 0.185 e. The van der Waals surface area contributed by atoms with Gasteiger partial charge in [0.1, 0.15) is 11.8 Å². The van der Waals surface area contributed by atoms with Gasteiger partial charge in [-0.3, -0.25) is 4.79 Å². The van der Waals surface area contributed by atoms with Crippen LogP contribution in [0, 0.1) is 11.3 Å². The fourth-order valence-corrected chi connectivity index (χ4v) is 1.90. The van der Waals surface area contributed by atoms with Crippen molar-refractivity contribution in [2.75, 3.05) is 13.7 Å². The number of nitrogens with zero attached hydrogens (tertiary/aromatic N) is 1. The Morgan fingerprint density at radius 1 is 1.26 bits per heavy atom. The van der Waals surface area contributed by atoms with Crippen LogP contribution in [-0.2, 0) is 0 Å². The second kappa shape index (κ2) is 7.66. The number of allylic oxidation sites excluding steroid dienone is 1. The van der Waals surface area contributed by atoms with Gasteiger partial charge < -0.3 is 14.6 Å². The second-order valence-corrected chi connectivity index (χ2v) is 4.60. The minimum absolute atomic E-state index is 0.0319. The van der Waals surface area contributed by atoms with Gasteiger partial charge in [0.25, 0.3) is 0 Å². The van der Waals surface area contributed by atoms with Gasteiger partial charge in [-0.2, -0.15) is 5.26 Å². The highest BCUT2D eigenvalue weighted by Crippen LogP contribution is 2.26. The molecule has 2 rings (SSSR count). The van der Waals surface area contributed by atoms with E-state index in [9.17, 15) is 9.90 Å². The number of phenols is 1. The zero-order valence-corrected chi connectivity index (χ0v) is 12.5. The summed E-state index contributed by atoms with van der Waals surface area (Å²) in [6.07, 6.45) is 3.08. The Labute approximate surface area is 134 Å². The Morgan fingerprint density at radius 2 is 2.00 bits per heavy atom. The molecular weight excluding hydrogens is 294 g/mol. The molecule has 1 N–H and O–H groups in total. The number of carbonyl (C=O) groups is 1. The van der Waals surface area contributed by atoms with Gasteiger partial charge in [0, 0.05) is 5.56 Å². The van der Waals surface area contributed by atoms with Crippen molar-refractivity contribution in [3.8, 4) is 23.3 Å². The molecule has 0 aromatic heterocycles. The maximum atomic E-state index is 12.1. The van der Waals surface area contributed by atoms with Crippen molar-refractivity contribution in [1.29, 1.82) is 5.26 Å². The number of nitriles is 1. The molecule has 0 amide bonds. The molecule has 0 aliphatic carbocycles. The van der Waals surface area contributed by atoms with E-state index in [1.165, 1.54) is 19.3 Å². The van der Waals surface area contributed by atoms with Gasteiger partial charge in [-0.05, 0) is 48.0 Å². The van der Waals surface area contributed by atoms with E-state index in [2.05, 4.69) is 0 Å². The first kappa shape index (κ1) is 16.1. The molecule has 5 heteroatoms. The molecule has 2 aromatic carbocycles. The summed E-state index contributed by atoms with van der Waals surface area (Å²) in [5.74, 6) is 0.766. The average Bonchev–Trinajstić information content (AvgIpc) is 2.59. The molecule has 0 atom stereocenters. The number of aromatic hydroxyl groups is 1. The Hall–Kier alpha value is -3.26.